The van der Waals surface area contributed by atoms with E-state index in [0.717, 1.165) is 52.5 Å². The highest BCUT2D eigenvalue weighted by Crippen LogP contribution is 2.37. The van der Waals surface area contributed by atoms with Crippen molar-refractivity contribution in [2.75, 3.05) is 18.8 Å². The maximum absolute atomic E-state index is 14.0. The van der Waals surface area contributed by atoms with Gasteiger partial charge in [-0.3, -0.25) is 14.2 Å². The molecule has 2 aromatic carbocycles. The van der Waals surface area contributed by atoms with Crippen LogP contribution < -0.4 is 5.56 Å². The quantitative estimate of drug-likeness (QED) is 0.258. The van der Waals surface area contributed by atoms with Crippen molar-refractivity contribution in [1.29, 1.82) is 0 Å². The summed E-state index contributed by atoms with van der Waals surface area (Å²) >= 11 is 2.90. The van der Waals surface area contributed by atoms with Gasteiger partial charge in [0, 0.05) is 23.5 Å². The minimum absolute atomic E-state index is 0.0934. The molecule has 1 aliphatic rings. The fourth-order valence-electron chi connectivity index (χ4n) is 4.53. The predicted molar refractivity (Wildman–Crippen MR) is 141 cm³/mol. The van der Waals surface area contributed by atoms with Crippen LogP contribution in [0.15, 0.2) is 70.6 Å². The molecule has 7 heteroatoms. The molecule has 0 saturated carbocycles. The molecule has 0 unspecified atom stereocenters. The summed E-state index contributed by atoms with van der Waals surface area (Å²) in [5.74, 6) is 0.397. The number of carbonyl (C=O) groups excluding carboxylic acids is 1. The summed E-state index contributed by atoms with van der Waals surface area (Å²) in [5, 5.41) is 1.20. The van der Waals surface area contributed by atoms with Crippen molar-refractivity contribution in [2.24, 2.45) is 0 Å². The van der Waals surface area contributed by atoms with E-state index in [-0.39, 0.29) is 17.2 Å². The molecule has 0 atom stereocenters. The fraction of sp³-hybridized carbons (Fsp3) is 0.296. The summed E-state index contributed by atoms with van der Waals surface area (Å²) in [4.78, 5) is 35.6. The molecule has 1 aliphatic heterocycles. The molecule has 34 heavy (non-hydrogen) atoms. The van der Waals surface area contributed by atoms with E-state index in [2.05, 4.69) is 0 Å². The Kier molecular flexibility index (Phi) is 6.83. The van der Waals surface area contributed by atoms with Gasteiger partial charge in [-0.25, -0.2) is 4.98 Å². The smallest absolute Gasteiger partial charge is 0.268 e. The second kappa shape index (κ2) is 10.2. The van der Waals surface area contributed by atoms with Crippen molar-refractivity contribution in [3.05, 3.63) is 75.9 Å². The minimum atomic E-state index is -0.0934. The number of hydrogen-bond acceptors (Lipinski definition) is 5. The van der Waals surface area contributed by atoms with E-state index in [4.69, 9.17) is 4.98 Å². The van der Waals surface area contributed by atoms with Gasteiger partial charge in [0.2, 0.25) is 5.91 Å². The lowest BCUT2D eigenvalue weighted by Gasteiger charge is -2.20. The number of para-hydroxylation sites is 1. The van der Waals surface area contributed by atoms with Gasteiger partial charge in [0.1, 0.15) is 4.83 Å². The first kappa shape index (κ1) is 22.9. The molecule has 3 heterocycles. The number of thiophene rings is 1. The molecule has 0 aliphatic carbocycles. The number of fused-ring (bicyclic) bond motifs is 1. The lowest BCUT2D eigenvalue weighted by Crippen LogP contribution is -2.33. The van der Waals surface area contributed by atoms with Gasteiger partial charge in [0.25, 0.3) is 5.56 Å². The molecule has 0 radical (unpaired) electrons. The first-order valence-electron chi connectivity index (χ1n) is 11.7. The number of rotatable bonds is 5. The zero-order valence-corrected chi connectivity index (χ0v) is 20.8. The summed E-state index contributed by atoms with van der Waals surface area (Å²) in [5.41, 5.74) is 2.63. The number of benzene rings is 2. The number of carbonyl (C=O) groups is 1. The second-order valence-electron chi connectivity index (χ2n) is 8.53. The van der Waals surface area contributed by atoms with Crippen molar-refractivity contribution in [3.8, 4) is 16.8 Å². The van der Waals surface area contributed by atoms with Crippen LogP contribution in [0, 0.1) is 6.92 Å². The van der Waals surface area contributed by atoms with Crippen LogP contribution in [-0.4, -0.2) is 39.2 Å². The molecule has 4 aromatic rings. The third-order valence-corrected chi connectivity index (χ3v) is 8.15. The van der Waals surface area contributed by atoms with Gasteiger partial charge in [-0.1, -0.05) is 73.1 Å². The lowest BCUT2D eigenvalue weighted by molar-refractivity contribution is -0.128. The molecule has 2 aromatic heterocycles. The highest BCUT2D eigenvalue weighted by Gasteiger charge is 2.22. The van der Waals surface area contributed by atoms with Crippen molar-refractivity contribution >= 4 is 39.2 Å². The highest BCUT2D eigenvalue weighted by atomic mass is 32.2. The molecule has 0 bridgehead atoms. The predicted octanol–water partition coefficient (Wildman–Crippen LogP) is 5.92. The van der Waals surface area contributed by atoms with Gasteiger partial charge >= 0.3 is 0 Å². The molecule has 1 amide bonds. The van der Waals surface area contributed by atoms with E-state index in [0.29, 0.717) is 10.5 Å². The first-order valence-corrected chi connectivity index (χ1v) is 13.5. The summed E-state index contributed by atoms with van der Waals surface area (Å²) in [6.45, 7) is 3.68. The highest BCUT2D eigenvalue weighted by molar-refractivity contribution is 7.99. The average molecular weight is 490 g/mol. The molecule has 174 valence electrons. The summed E-state index contributed by atoms with van der Waals surface area (Å²) in [6, 6.07) is 19.6. The zero-order chi connectivity index (χ0) is 23.5. The van der Waals surface area contributed by atoms with Crippen LogP contribution in [0.25, 0.3) is 27.0 Å². The van der Waals surface area contributed by atoms with Crippen LogP contribution in [0.4, 0.5) is 0 Å². The molecular formula is C27H27N3O2S2. The largest absolute Gasteiger partial charge is 0.342 e. The summed E-state index contributed by atoms with van der Waals surface area (Å²) in [7, 11) is 0. The van der Waals surface area contributed by atoms with E-state index in [1.807, 2.05) is 72.5 Å². The standard InChI is InChI=1S/C27H27N3O2S2/c1-19-23(20-12-6-4-7-13-20)24-25(34-19)28-27(30(26(24)32)21-14-8-5-9-15-21)33-18-22(31)29-16-10-2-3-11-17-29/h4-9,12-15H,2-3,10-11,16-18H2,1H3. The van der Waals surface area contributed by atoms with E-state index in [1.54, 1.807) is 4.57 Å². The van der Waals surface area contributed by atoms with Crippen LogP contribution >= 0.6 is 23.1 Å². The number of thioether (sulfide) groups is 1. The Morgan fingerprint density at radius 1 is 0.971 bits per heavy atom. The Bertz CT molecular complexity index is 1360. The summed E-state index contributed by atoms with van der Waals surface area (Å²) < 4.78 is 1.67. The van der Waals surface area contributed by atoms with Gasteiger partial charge in [-0.2, -0.15) is 0 Å². The van der Waals surface area contributed by atoms with Crippen LogP contribution in [0.1, 0.15) is 30.6 Å². The van der Waals surface area contributed by atoms with Gasteiger partial charge in [-0.15, -0.1) is 11.3 Å². The topological polar surface area (TPSA) is 55.2 Å². The van der Waals surface area contributed by atoms with Crippen molar-refractivity contribution in [2.45, 2.75) is 37.8 Å². The van der Waals surface area contributed by atoms with Gasteiger partial charge in [-0.05, 0) is 37.5 Å². The molecule has 5 nitrogen and oxygen atoms in total. The Balaban J connectivity index is 1.59. The van der Waals surface area contributed by atoms with Crippen LogP contribution in [0.2, 0.25) is 0 Å². The first-order chi connectivity index (χ1) is 16.6. The molecule has 1 fully saturated rings. The van der Waals surface area contributed by atoms with E-state index >= 15 is 0 Å². The van der Waals surface area contributed by atoms with E-state index < -0.39 is 0 Å². The van der Waals surface area contributed by atoms with Crippen molar-refractivity contribution in [1.82, 2.24) is 14.5 Å². The summed E-state index contributed by atoms with van der Waals surface area (Å²) in [6.07, 6.45) is 4.49. The number of aryl methyl sites for hydroxylation is 1. The van der Waals surface area contributed by atoms with Crippen LogP contribution in [-0.2, 0) is 4.79 Å². The normalized spacial score (nSPS) is 14.3. The monoisotopic (exact) mass is 489 g/mol. The average Bonchev–Trinajstić information content (AvgIpc) is 3.01. The fourth-order valence-corrected chi connectivity index (χ4v) is 6.54. The minimum Gasteiger partial charge on any atom is -0.342 e. The van der Waals surface area contributed by atoms with Gasteiger partial charge in [0.15, 0.2) is 5.16 Å². The Labute approximate surface area is 207 Å². The van der Waals surface area contributed by atoms with Gasteiger partial charge < -0.3 is 4.90 Å². The van der Waals surface area contributed by atoms with Crippen molar-refractivity contribution < 1.29 is 4.79 Å². The van der Waals surface area contributed by atoms with Crippen molar-refractivity contribution in [3.63, 3.8) is 0 Å². The maximum Gasteiger partial charge on any atom is 0.268 e. The lowest BCUT2D eigenvalue weighted by atomic mass is 10.0. The van der Waals surface area contributed by atoms with Crippen LogP contribution in [0.5, 0.6) is 0 Å². The Morgan fingerprint density at radius 2 is 1.62 bits per heavy atom. The third kappa shape index (κ3) is 4.55. The van der Waals surface area contributed by atoms with E-state index in [1.165, 1.54) is 35.9 Å². The second-order valence-corrected chi connectivity index (χ2v) is 10.7. The maximum atomic E-state index is 14.0. The zero-order valence-electron chi connectivity index (χ0n) is 19.2. The SMILES string of the molecule is Cc1sc2nc(SCC(=O)N3CCCCCC3)n(-c3ccccc3)c(=O)c2c1-c1ccccc1. The molecule has 0 spiro atoms. The molecule has 5 rings (SSSR count). The van der Waals surface area contributed by atoms with Crippen LogP contribution in [0.3, 0.4) is 0 Å². The number of aromatic nitrogens is 2. The molecule has 1 saturated heterocycles. The van der Waals surface area contributed by atoms with E-state index in [9.17, 15) is 9.59 Å². The molecule has 0 N–H and O–H groups in total. The third-order valence-electron chi connectivity index (χ3n) is 6.23. The number of amides is 1. The number of likely N-dealkylation sites (tertiary alicyclic amines) is 1. The molecular weight excluding hydrogens is 462 g/mol. The van der Waals surface area contributed by atoms with Gasteiger partial charge in [0.05, 0.1) is 16.8 Å². The Morgan fingerprint density at radius 3 is 2.29 bits per heavy atom. The Hall–Kier alpha value is -2.90. The number of nitrogens with zero attached hydrogens (tertiary/aromatic N) is 3. The number of hydrogen-bond donors (Lipinski definition) is 0.